The molecule has 29 heavy (non-hydrogen) atoms. The normalized spacial score (nSPS) is 15.2. The summed E-state index contributed by atoms with van der Waals surface area (Å²) in [5.74, 6) is 0.929. The Morgan fingerprint density at radius 2 is 1.90 bits per heavy atom. The number of aromatic nitrogens is 4. The van der Waals surface area contributed by atoms with Gasteiger partial charge in [-0.1, -0.05) is 11.6 Å². The smallest absolute Gasteiger partial charge is 0.177 e. The molecule has 1 saturated heterocycles. The Morgan fingerprint density at radius 3 is 2.69 bits per heavy atom. The summed E-state index contributed by atoms with van der Waals surface area (Å²) >= 11 is 5.93. The van der Waals surface area contributed by atoms with Crippen LogP contribution in [-0.4, -0.2) is 32.8 Å². The van der Waals surface area contributed by atoms with E-state index in [2.05, 4.69) is 26.6 Å². The zero-order valence-electron chi connectivity index (χ0n) is 15.6. The first-order valence-electron chi connectivity index (χ1n) is 9.45. The average Bonchev–Trinajstić information content (AvgIpc) is 3.39. The van der Waals surface area contributed by atoms with Gasteiger partial charge in [0.25, 0.3) is 0 Å². The van der Waals surface area contributed by atoms with Gasteiger partial charge < -0.3 is 21.2 Å². The number of fused-ring (bicyclic) bond motifs is 1. The molecule has 0 spiro atoms. The van der Waals surface area contributed by atoms with Crippen molar-refractivity contribution in [1.82, 2.24) is 25.1 Å². The average molecular weight is 410 g/mol. The molecule has 5 heterocycles. The molecule has 0 unspecified atom stereocenters. The largest absolute Gasteiger partial charge is 0.452 e. The van der Waals surface area contributed by atoms with Gasteiger partial charge in [0.2, 0.25) is 0 Å². The molecule has 9 heteroatoms. The van der Waals surface area contributed by atoms with Gasteiger partial charge in [0.05, 0.1) is 17.9 Å². The highest BCUT2D eigenvalue weighted by atomic mass is 35.5. The standard InChI is InChI=1S/C20H20ClN7O/c21-19-16(22)5-11(7-25-19)17-6-14-15(9-26-20(23)18(14)29-17)12-8-27-28(10-12)13-1-3-24-4-2-13/h5-10,13,24H,1-4,22H2,(H2,23,26). The topological polar surface area (TPSA) is 121 Å². The number of piperidine rings is 1. The van der Waals surface area contributed by atoms with Crippen LogP contribution < -0.4 is 16.8 Å². The van der Waals surface area contributed by atoms with Gasteiger partial charge in [0, 0.05) is 40.7 Å². The second-order valence-corrected chi connectivity index (χ2v) is 7.56. The van der Waals surface area contributed by atoms with E-state index in [1.165, 1.54) is 0 Å². The molecule has 0 bridgehead atoms. The van der Waals surface area contributed by atoms with E-state index in [1.807, 2.05) is 16.9 Å². The summed E-state index contributed by atoms with van der Waals surface area (Å²) in [6.45, 7) is 2.02. The van der Waals surface area contributed by atoms with Crippen LogP contribution in [0.3, 0.4) is 0 Å². The van der Waals surface area contributed by atoms with E-state index in [1.54, 1.807) is 18.5 Å². The summed E-state index contributed by atoms with van der Waals surface area (Å²) in [5, 5.41) is 9.10. The maximum atomic E-state index is 6.08. The molecule has 0 amide bonds. The summed E-state index contributed by atoms with van der Waals surface area (Å²) in [7, 11) is 0. The van der Waals surface area contributed by atoms with Crippen LogP contribution in [0.15, 0.2) is 41.3 Å². The molecule has 4 aromatic heterocycles. The molecule has 5 N–H and O–H groups in total. The number of nitrogen functional groups attached to an aromatic ring is 2. The SMILES string of the molecule is Nc1cc(-c2cc3c(-c4cnn(C5CCNCC5)c4)cnc(N)c3o2)cnc1Cl. The van der Waals surface area contributed by atoms with Crippen LogP contribution in [0.4, 0.5) is 11.5 Å². The van der Waals surface area contributed by atoms with E-state index < -0.39 is 0 Å². The van der Waals surface area contributed by atoms with Gasteiger partial charge in [-0.05, 0) is 38.1 Å². The van der Waals surface area contributed by atoms with Gasteiger partial charge in [0.1, 0.15) is 5.76 Å². The van der Waals surface area contributed by atoms with Crippen LogP contribution in [-0.2, 0) is 0 Å². The number of rotatable bonds is 3. The van der Waals surface area contributed by atoms with Gasteiger partial charge in [-0.2, -0.15) is 5.10 Å². The Labute approximate surface area is 171 Å². The van der Waals surface area contributed by atoms with Crippen molar-refractivity contribution in [3.05, 3.63) is 42.1 Å². The fraction of sp³-hybridized carbons (Fsp3) is 0.250. The molecule has 0 aromatic carbocycles. The quantitative estimate of drug-likeness (QED) is 0.443. The monoisotopic (exact) mass is 409 g/mol. The van der Waals surface area contributed by atoms with Crippen molar-refractivity contribution >= 4 is 34.1 Å². The minimum Gasteiger partial charge on any atom is -0.452 e. The zero-order valence-corrected chi connectivity index (χ0v) is 16.4. The molecular formula is C20H20ClN7O. The van der Waals surface area contributed by atoms with Gasteiger partial charge in [0.15, 0.2) is 16.6 Å². The minimum absolute atomic E-state index is 0.261. The Balaban J connectivity index is 1.58. The molecule has 148 valence electrons. The lowest BCUT2D eigenvalue weighted by atomic mass is 10.1. The number of anilines is 2. The van der Waals surface area contributed by atoms with Gasteiger partial charge >= 0.3 is 0 Å². The maximum absolute atomic E-state index is 6.08. The van der Waals surface area contributed by atoms with E-state index in [4.69, 9.17) is 27.5 Å². The van der Waals surface area contributed by atoms with Crippen molar-refractivity contribution in [1.29, 1.82) is 0 Å². The lowest BCUT2D eigenvalue weighted by Gasteiger charge is -2.22. The molecule has 0 saturated carbocycles. The Kier molecular flexibility index (Phi) is 4.37. The first-order valence-corrected chi connectivity index (χ1v) is 9.82. The number of nitrogens with two attached hydrogens (primary N) is 2. The van der Waals surface area contributed by atoms with Crippen molar-refractivity contribution in [2.24, 2.45) is 0 Å². The van der Waals surface area contributed by atoms with Crippen molar-refractivity contribution in [3.63, 3.8) is 0 Å². The predicted octanol–water partition coefficient (Wildman–Crippen LogP) is 3.50. The maximum Gasteiger partial charge on any atom is 0.177 e. The molecule has 5 rings (SSSR count). The lowest BCUT2D eigenvalue weighted by molar-refractivity contribution is 0.343. The first kappa shape index (κ1) is 18.0. The zero-order chi connectivity index (χ0) is 20.0. The molecule has 1 fully saturated rings. The Bertz CT molecular complexity index is 1190. The molecular weight excluding hydrogens is 390 g/mol. The highest BCUT2D eigenvalue weighted by Gasteiger charge is 2.19. The fourth-order valence-corrected chi connectivity index (χ4v) is 3.87. The lowest BCUT2D eigenvalue weighted by Crippen LogP contribution is -2.29. The summed E-state index contributed by atoms with van der Waals surface area (Å²) in [5.41, 5.74) is 15.5. The predicted molar refractivity (Wildman–Crippen MR) is 113 cm³/mol. The van der Waals surface area contributed by atoms with Crippen molar-refractivity contribution in [3.8, 4) is 22.5 Å². The van der Waals surface area contributed by atoms with Crippen LogP contribution in [0.2, 0.25) is 5.15 Å². The van der Waals surface area contributed by atoms with E-state index in [0.29, 0.717) is 28.9 Å². The van der Waals surface area contributed by atoms with Gasteiger partial charge in [-0.3, -0.25) is 4.68 Å². The number of halogens is 1. The third-order valence-corrected chi connectivity index (χ3v) is 5.65. The Morgan fingerprint density at radius 1 is 1.07 bits per heavy atom. The molecule has 0 atom stereocenters. The van der Waals surface area contributed by atoms with E-state index in [0.717, 1.165) is 48.0 Å². The van der Waals surface area contributed by atoms with Gasteiger partial charge in [-0.15, -0.1) is 0 Å². The molecule has 0 radical (unpaired) electrons. The molecule has 0 aliphatic carbocycles. The molecule has 8 nitrogen and oxygen atoms in total. The van der Waals surface area contributed by atoms with E-state index in [9.17, 15) is 0 Å². The number of nitrogens with one attached hydrogen (secondary N) is 1. The number of nitrogens with zero attached hydrogens (tertiary/aromatic N) is 4. The summed E-state index contributed by atoms with van der Waals surface area (Å²) < 4.78 is 8.05. The third-order valence-electron chi connectivity index (χ3n) is 5.33. The fourth-order valence-electron chi connectivity index (χ4n) is 3.76. The van der Waals surface area contributed by atoms with Crippen LogP contribution in [0.1, 0.15) is 18.9 Å². The first-order chi connectivity index (χ1) is 14.1. The molecule has 1 aliphatic heterocycles. The van der Waals surface area contributed by atoms with Crippen LogP contribution in [0.5, 0.6) is 0 Å². The number of hydrogen-bond donors (Lipinski definition) is 3. The molecule has 1 aliphatic rings. The van der Waals surface area contributed by atoms with E-state index in [-0.39, 0.29) is 5.15 Å². The van der Waals surface area contributed by atoms with Crippen molar-refractivity contribution in [2.45, 2.75) is 18.9 Å². The second kappa shape index (κ2) is 7.06. The summed E-state index contributed by atoms with van der Waals surface area (Å²) in [4.78, 5) is 8.42. The summed E-state index contributed by atoms with van der Waals surface area (Å²) in [6, 6.07) is 4.06. The van der Waals surface area contributed by atoms with Crippen molar-refractivity contribution < 1.29 is 4.42 Å². The number of pyridine rings is 2. The second-order valence-electron chi connectivity index (χ2n) is 7.20. The molecule has 4 aromatic rings. The number of hydrogen-bond acceptors (Lipinski definition) is 7. The van der Waals surface area contributed by atoms with E-state index >= 15 is 0 Å². The third kappa shape index (κ3) is 3.20. The summed E-state index contributed by atoms with van der Waals surface area (Å²) in [6.07, 6.45) is 9.44. The van der Waals surface area contributed by atoms with Crippen LogP contribution >= 0.6 is 11.6 Å². The minimum atomic E-state index is 0.261. The van der Waals surface area contributed by atoms with Gasteiger partial charge in [-0.25, -0.2) is 9.97 Å². The highest BCUT2D eigenvalue weighted by Crippen LogP contribution is 2.37. The van der Waals surface area contributed by atoms with Crippen molar-refractivity contribution in [2.75, 3.05) is 24.6 Å². The van der Waals surface area contributed by atoms with Crippen LogP contribution in [0.25, 0.3) is 33.4 Å². The highest BCUT2D eigenvalue weighted by molar-refractivity contribution is 6.31. The van der Waals surface area contributed by atoms with Crippen LogP contribution in [0, 0.1) is 0 Å². The Hall–Kier alpha value is -3.10. The number of furan rings is 1.